The van der Waals surface area contributed by atoms with Gasteiger partial charge in [0.15, 0.2) is 0 Å². The Hall–Kier alpha value is -1.70. The number of halogens is 1. The Morgan fingerprint density at radius 1 is 1.07 bits per heavy atom. The maximum absolute atomic E-state index is 12.4. The van der Waals surface area contributed by atoms with Crippen LogP contribution in [0.5, 0.6) is 6.01 Å². The number of hydrogen-bond acceptors (Lipinski definition) is 5. The average molecular weight is 410 g/mol. The summed E-state index contributed by atoms with van der Waals surface area (Å²) in [7, 11) is -3.39. The van der Waals surface area contributed by atoms with E-state index < -0.39 is 10.0 Å². The molecule has 1 N–H and O–H groups in total. The summed E-state index contributed by atoms with van der Waals surface area (Å²) in [4.78, 5) is 8.61. The molecule has 0 unspecified atom stereocenters. The summed E-state index contributed by atoms with van der Waals surface area (Å²) in [5, 5.41) is 0.593. The van der Waals surface area contributed by atoms with Gasteiger partial charge in [0.05, 0.1) is 5.75 Å². The molecule has 1 heterocycles. The van der Waals surface area contributed by atoms with Crippen molar-refractivity contribution >= 4 is 21.6 Å². The number of hydrogen-bond donors (Lipinski definition) is 1. The molecule has 0 atom stereocenters. The van der Waals surface area contributed by atoms with Gasteiger partial charge in [0.2, 0.25) is 10.0 Å². The second kappa shape index (κ2) is 8.54. The SMILES string of the molecule is Cc1cc(C)nc(OC2CCC(NS(=O)(=O)Cc3ccc(Cl)cc3)CC2)n1. The van der Waals surface area contributed by atoms with E-state index in [1.54, 1.807) is 24.3 Å². The van der Waals surface area contributed by atoms with Gasteiger partial charge in [-0.15, -0.1) is 0 Å². The molecule has 1 aromatic heterocycles. The molecule has 0 saturated heterocycles. The Morgan fingerprint density at radius 2 is 1.67 bits per heavy atom. The van der Waals surface area contributed by atoms with E-state index in [-0.39, 0.29) is 17.9 Å². The van der Waals surface area contributed by atoms with Gasteiger partial charge in [-0.1, -0.05) is 23.7 Å². The van der Waals surface area contributed by atoms with Crippen molar-refractivity contribution in [3.63, 3.8) is 0 Å². The maximum atomic E-state index is 12.4. The Labute approximate surface area is 165 Å². The number of aryl methyl sites for hydroxylation is 2. The third kappa shape index (κ3) is 6.16. The van der Waals surface area contributed by atoms with E-state index in [1.807, 2.05) is 19.9 Å². The summed E-state index contributed by atoms with van der Waals surface area (Å²) >= 11 is 5.84. The van der Waals surface area contributed by atoms with E-state index in [9.17, 15) is 8.42 Å². The van der Waals surface area contributed by atoms with Crippen molar-refractivity contribution in [1.29, 1.82) is 0 Å². The second-order valence-electron chi connectivity index (χ2n) is 7.03. The van der Waals surface area contributed by atoms with Crippen LogP contribution in [0.15, 0.2) is 30.3 Å². The van der Waals surface area contributed by atoms with Gasteiger partial charge >= 0.3 is 6.01 Å². The van der Waals surface area contributed by atoms with Crippen LogP contribution in [0.2, 0.25) is 5.02 Å². The number of nitrogens with one attached hydrogen (secondary N) is 1. The fourth-order valence-electron chi connectivity index (χ4n) is 3.29. The quantitative estimate of drug-likeness (QED) is 0.788. The summed E-state index contributed by atoms with van der Waals surface area (Å²) in [5.41, 5.74) is 2.47. The molecule has 8 heteroatoms. The highest BCUT2D eigenvalue weighted by atomic mass is 35.5. The molecule has 1 aliphatic rings. The van der Waals surface area contributed by atoms with E-state index in [4.69, 9.17) is 16.3 Å². The molecule has 146 valence electrons. The second-order valence-corrected chi connectivity index (χ2v) is 9.22. The lowest BCUT2D eigenvalue weighted by Gasteiger charge is -2.28. The summed E-state index contributed by atoms with van der Waals surface area (Å²) in [5.74, 6) is -0.0446. The molecule has 0 bridgehead atoms. The molecule has 0 radical (unpaired) electrons. The molecule has 27 heavy (non-hydrogen) atoms. The molecule has 0 amide bonds. The minimum absolute atomic E-state index is 0.0169. The first-order chi connectivity index (χ1) is 12.8. The third-order valence-corrected chi connectivity index (χ3v) is 6.18. The molecule has 2 aromatic rings. The predicted octanol–water partition coefficient (Wildman–Crippen LogP) is 3.56. The van der Waals surface area contributed by atoms with Crippen LogP contribution < -0.4 is 9.46 Å². The van der Waals surface area contributed by atoms with Crippen LogP contribution in [0.1, 0.15) is 42.6 Å². The summed E-state index contributed by atoms with van der Waals surface area (Å²) in [6, 6.07) is 9.10. The number of aromatic nitrogens is 2. The maximum Gasteiger partial charge on any atom is 0.317 e. The van der Waals surface area contributed by atoms with Crippen LogP contribution in [-0.4, -0.2) is 30.5 Å². The molecule has 0 spiro atoms. The van der Waals surface area contributed by atoms with Gasteiger partial charge in [0.1, 0.15) is 6.10 Å². The Balaban J connectivity index is 1.50. The van der Waals surface area contributed by atoms with Crippen molar-refractivity contribution in [3.8, 4) is 6.01 Å². The molecule has 0 aliphatic heterocycles. The number of benzene rings is 1. The molecule has 1 aliphatic carbocycles. The average Bonchev–Trinajstić information content (AvgIpc) is 2.57. The van der Waals surface area contributed by atoms with Crippen molar-refractivity contribution in [2.75, 3.05) is 0 Å². The highest BCUT2D eigenvalue weighted by molar-refractivity contribution is 7.88. The van der Waals surface area contributed by atoms with Crippen molar-refractivity contribution in [1.82, 2.24) is 14.7 Å². The minimum atomic E-state index is -3.39. The van der Waals surface area contributed by atoms with Crippen LogP contribution >= 0.6 is 11.6 Å². The Bertz CT molecular complexity index is 859. The van der Waals surface area contributed by atoms with Crippen LogP contribution in [-0.2, 0) is 15.8 Å². The zero-order valence-corrected chi connectivity index (χ0v) is 17.1. The largest absolute Gasteiger partial charge is 0.460 e. The van der Waals surface area contributed by atoms with E-state index in [0.29, 0.717) is 11.0 Å². The Morgan fingerprint density at radius 3 is 2.26 bits per heavy atom. The topological polar surface area (TPSA) is 81.2 Å². The fraction of sp³-hybridized carbons (Fsp3) is 0.474. The van der Waals surface area contributed by atoms with Crippen molar-refractivity contribution < 1.29 is 13.2 Å². The molecule has 1 fully saturated rings. The number of ether oxygens (including phenoxy) is 1. The molecule has 3 rings (SSSR count). The zero-order chi connectivity index (χ0) is 19.4. The molecular weight excluding hydrogens is 386 g/mol. The van der Waals surface area contributed by atoms with E-state index >= 15 is 0 Å². The van der Waals surface area contributed by atoms with Crippen LogP contribution in [0.4, 0.5) is 0 Å². The first-order valence-corrected chi connectivity index (χ1v) is 11.1. The first kappa shape index (κ1) is 20.0. The minimum Gasteiger partial charge on any atom is -0.460 e. The normalized spacial score (nSPS) is 20.4. The lowest BCUT2D eigenvalue weighted by Crippen LogP contribution is -2.40. The summed E-state index contributed by atoms with van der Waals surface area (Å²) in [6.45, 7) is 3.82. The van der Waals surface area contributed by atoms with E-state index in [2.05, 4.69) is 14.7 Å². The van der Waals surface area contributed by atoms with Gasteiger partial charge in [-0.3, -0.25) is 0 Å². The number of nitrogens with zero attached hydrogens (tertiary/aromatic N) is 2. The van der Waals surface area contributed by atoms with Crippen LogP contribution in [0.3, 0.4) is 0 Å². The van der Waals surface area contributed by atoms with Gasteiger partial charge in [0.25, 0.3) is 0 Å². The molecular formula is C19H24ClN3O3S. The first-order valence-electron chi connectivity index (χ1n) is 9.02. The molecule has 6 nitrogen and oxygen atoms in total. The van der Waals surface area contributed by atoms with Gasteiger partial charge in [-0.2, -0.15) is 0 Å². The van der Waals surface area contributed by atoms with Crippen LogP contribution in [0, 0.1) is 13.8 Å². The summed E-state index contributed by atoms with van der Waals surface area (Å²) < 4.78 is 33.5. The van der Waals surface area contributed by atoms with Crippen molar-refractivity contribution in [3.05, 3.63) is 52.3 Å². The molecule has 1 aromatic carbocycles. The predicted molar refractivity (Wildman–Crippen MR) is 105 cm³/mol. The number of rotatable bonds is 6. The highest BCUT2D eigenvalue weighted by Gasteiger charge is 2.26. The monoisotopic (exact) mass is 409 g/mol. The lowest BCUT2D eigenvalue weighted by molar-refractivity contribution is 0.131. The zero-order valence-electron chi connectivity index (χ0n) is 15.5. The van der Waals surface area contributed by atoms with Gasteiger partial charge < -0.3 is 4.74 Å². The van der Waals surface area contributed by atoms with Crippen molar-refractivity contribution in [2.45, 2.75) is 57.4 Å². The van der Waals surface area contributed by atoms with Gasteiger partial charge in [-0.25, -0.2) is 23.1 Å². The van der Waals surface area contributed by atoms with Crippen LogP contribution in [0.25, 0.3) is 0 Å². The standard InChI is InChI=1S/C19H24ClN3O3S/c1-13-11-14(2)22-19(21-13)26-18-9-7-17(8-10-18)23-27(24,25)12-15-3-5-16(20)6-4-15/h3-6,11,17-18,23H,7-10,12H2,1-2H3. The van der Waals surface area contributed by atoms with Gasteiger partial charge in [0, 0.05) is 22.5 Å². The van der Waals surface area contributed by atoms with E-state index in [0.717, 1.165) is 42.6 Å². The molecule has 1 saturated carbocycles. The third-order valence-electron chi connectivity index (χ3n) is 4.52. The smallest absolute Gasteiger partial charge is 0.317 e. The van der Waals surface area contributed by atoms with Gasteiger partial charge in [-0.05, 0) is 63.3 Å². The fourth-order valence-corrected chi connectivity index (χ4v) is 4.87. The van der Waals surface area contributed by atoms with E-state index in [1.165, 1.54) is 0 Å². The highest BCUT2D eigenvalue weighted by Crippen LogP contribution is 2.23. The van der Waals surface area contributed by atoms with Crippen molar-refractivity contribution in [2.24, 2.45) is 0 Å². The number of sulfonamides is 1. The Kier molecular flexibility index (Phi) is 6.34. The summed E-state index contributed by atoms with van der Waals surface area (Å²) in [6.07, 6.45) is 3.02. The lowest BCUT2D eigenvalue weighted by atomic mass is 9.94.